The zero-order chi connectivity index (χ0) is 46.3. The van der Waals surface area contributed by atoms with Crippen LogP contribution in [-0.4, -0.2) is 9.13 Å². The van der Waals surface area contributed by atoms with Gasteiger partial charge in [-0.2, -0.15) is 0 Å². The van der Waals surface area contributed by atoms with E-state index in [1.807, 2.05) is 18.2 Å². The maximum Gasteiger partial charge on any atom is 0.0547 e. The Morgan fingerprint density at radius 2 is 0.870 bits per heavy atom. The lowest BCUT2D eigenvalue weighted by molar-refractivity contribution is 1.18. The van der Waals surface area contributed by atoms with Crippen LogP contribution >= 0.6 is 0 Å². The molecule has 12 rings (SSSR count). The van der Waals surface area contributed by atoms with Crippen LogP contribution in [0.2, 0.25) is 0 Å². The number of allylic oxidation sites excluding steroid dienone is 5. The maximum absolute atomic E-state index is 4.24. The Morgan fingerprint density at radius 1 is 0.362 bits per heavy atom. The second-order valence-electron chi connectivity index (χ2n) is 17.9. The molecule has 0 bridgehead atoms. The molecule has 2 heterocycles. The minimum Gasteiger partial charge on any atom is -0.309 e. The zero-order valence-electron chi connectivity index (χ0n) is 38.4. The first-order valence-corrected chi connectivity index (χ1v) is 23.7. The zero-order valence-corrected chi connectivity index (χ0v) is 38.4. The monoisotopic (exact) mass is 880 g/mol. The third-order valence-corrected chi connectivity index (χ3v) is 13.7. The van der Waals surface area contributed by atoms with Crippen molar-refractivity contribution in [3.63, 3.8) is 0 Å². The van der Waals surface area contributed by atoms with Gasteiger partial charge in [-0.05, 0) is 128 Å². The van der Waals surface area contributed by atoms with E-state index in [-0.39, 0.29) is 0 Å². The first-order chi connectivity index (χ1) is 34.1. The van der Waals surface area contributed by atoms with Gasteiger partial charge in [0.15, 0.2) is 0 Å². The maximum atomic E-state index is 4.24. The number of rotatable bonds is 10. The average molecular weight is 881 g/mol. The molecular weight excluding hydrogens is 833 g/mol. The van der Waals surface area contributed by atoms with Gasteiger partial charge >= 0.3 is 0 Å². The van der Waals surface area contributed by atoms with Crippen LogP contribution in [0.15, 0.2) is 267 Å². The molecule has 0 N–H and O–H groups in total. The van der Waals surface area contributed by atoms with Crippen LogP contribution in [0.5, 0.6) is 0 Å². The highest BCUT2D eigenvalue weighted by Crippen LogP contribution is 2.42. The fraction of sp³-hybridized carbons (Fsp3) is 0.0149. The highest BCUT2D eigenvalue weighted by molar-refractivity contribution is 6.17. The third-order valence-electron chi connectivity index (χ3n) is 13.7. The first kappa shape index (κ1) is 41.5. The lowest BCUT2D eigenvalue weighted by Crippen LogP contribution is -1.95. The van der Waals surface area contributed by atoms with Crippen LogP contribution in [-0.2, 0) is 0 Å². The summed E-state index contributed by atoms with van der Waals surface area (Å²) in [5.41, 5.74) is 21.1. The predicted octanol–water partition coefficient (Wildman–Crippen LogP) is 18.2. The number of hydrogen-bond donors (Lipinski definition) is 0. The normalized spacial score (nSPS) is 11.9. The second-order valence-corrected chi connectivity index (χ2v) is 17.9. The van der Waals surface area contributed by atoms with Gasteiger partial charge in [-0.1, -0.05) is 213 Å². The Kier molecular flexibility index (Phi) is 10.6. The van der Waals surface area contributed by atoms with Crippen LogP contribution < -0.4 is 0 Å². The minimum atomic E-state index is 0.997. The molecule has 0 aliphatic heterocycles. The van der Waals surface area contributed by atoms with Crippen LogP contribution in [0.1, 0.15) is 18.1 Å². The van der Waals surface area contributed by atoms with Crippen LogP contribution in [0.25, 0.3) is 111 Å². The van der Waals surface area contributed by atoms with Gasteiger partial charge in [0, 0.05) is 32.9 Å². The van der Waals surface area contributed by atoms with Crippen LogP contribution in [0, 0.1) is 0 Å². The van der Waals surface area contributed by atoms with E-state index in [9.17, 15) is 0 Å². The largest absolute Gasteiger partial charge is 0.309 e. The van der Waals surface area contributed by atoms with Gasteiger partial charge in [-0.15, -0.1) is 0 Å². The summed E-state index contributed by atoms with van der Waals surface area (Å²) in [7, 11) is 0. The Morgan fingerprint density at radius 3 is 1.62 bits per heavy atom. The van der Waals surface area contributed by atoms with Crippen LogP contribution in [0.3, 0.4) is 0 Å². The van der Waals surface area contributed by atoms with Crippen molar-refractivity contribution in [2.75, 3.05) is 0 Å². The van der Waals surface area contributed by atoms with E-state index in [0.717, 1.165) is 22.5 Å². The smallest absolute Gasteiger partial charge is 0.0547 e. The fourth-order valence-corrected chi connectivity index (χ4v) is 10.2. The molecule has 0 saturated carbocycles. The summed E-state index contributed by atoms with van der Waals surface area (Å²) in [5, 5.41) is 4.98. The van der Waals surface area contributed by atoms with Gasteiger partial charge in [-0.25, -0.2) is 0 Å². The predicted molar refractivity (Wildman–Crippen MR) is 295 cm³/mol. The highest BCUT2D eigenvalue weighted by Gasteiger charge is 2.19. The topological polar surface area (TPSA) is 9.86 Å². The summed E-state index contributed by atoms with van der Waals surface area (Å²) in [6.07, 6.45) is 6.32. The number of benzene rings is 10. The lowest BCUT2D eigenvalue weighted by atomic mass is 9.97. The lowest BCUT2D eigenvalue weighted by Gasteiger charge is -2.12. The van der Waals surface area contributed by atoms with Crippen molar-refractivity contribution in [1.82, 2.24) is 9.13 Å². The summed E-state index contributed by atoms with van der Waals surface area (Å²) in [4.78, 5) is 0. The minimum absolute atomic E-state index is 0.997. The number of fused-ring (bicyclic) bond motifs is 6. The molecule has 0 unspecified atom stereocenters. The van der Waals surface area contributed by atoms with Gasteiger partial charge in [0.25, 0.3) is 0 Å². The fourth-order valence-electron chi connectivity index (χ4n) is 10.2. The van der Waals surface area contributed by atoms with E-state index in [4.69, 9.17) is 0 Å². The molecule has 0 aliphatic carbocycles. The van der Waals surface area contributed by atoms with Crippen molar-refractivity contribution in [3.8, 4) is 55.9 Å². The number of hydrogen-bond acceptors (Lipinski definition) is 0. The standard InChI is InChI=1S/C67H48N2/c1-46(48-19-5-3-6-20-48)17-13-18-47(2)53-23-14-24-54(43-53)52-35-33-50(34-36-52)51-37-40-57(41-38-51)68-64-31-12-10-28-62(64)67-59(29-16-32-65(67)68)56-39-42-61-60-27-9-11-30-63(60)69(66(61)45-56)58-26-15-25-55(44-58)49-21-7-4-8-22-49/h3-45H,1H2,2H3/b17-13-,47-18+. The van der Waals surface area contributed by atoms with Gasteiger partial charge in [0.2, 0.25) is 0 Å². The van der Waals surface area contributed by atoms with Gasteiger partial charge < -0.3 is 9.13 Å². The summed E-state index contributed by atoms with van der Waals surface area (Å²) >= 11 is 0. The SMILES string of the molecule is C=C(/C=C\C=C(/C)c1cccc(-c2ccc(-c3ccc(-n4c5ccccc5c5c(-c6ccc7c8ccccc8n(-c8cccc(-c9ccccc9)c8)c7c6)cccc54)cc3)cc2)c1)c1ccccc1. The molecule has 0 saturated heterocycles. The molecule has 12 aromatic rings. The Bertz CT molecular complexity index is 3940. The van der Waals surface area contributed by atoms with Crippen molar-refractivity contribution < 1.29 is 0 Å². The Balaban J connectivity index is 0.861. The molecular formula is C67H48N2. The van der Waals surface area contributed by atoms with E-state index in [1.165, 1.54) is 99.3 Å². The molecule has 2 aromatic heterocycles. The molecule has 326 valence electrons. The second kappa shape index (κ2) is 17.7. The van der Waals surface area contributed by atoms with Crippen molar-refractivity contribution in [2.24, 2.45) is 0 Å². The summed E-state index contributed by atoms with van der Waals surface area (Å²) < 4.78 is 4.85. The van der Waals surface area contributed by atoms with E-state index in [2.05, 4.69) is 265 Å². The van der Waals surface area contributed by atoms with Crippen molar-refractivity contribution >= 4 is 54.8 Å². The number of aromatic nitrogens is 2. The number of nitrogens with zero attached hydrogens (tertiary/aromatic N) is 2. The van der Waals surface area contributed by atoms with E-state index >= 15 is 0 Å². The molecule has 0 aliphatic rings. The van der Waals surface area contributed by atoms with Crippen molar-refractivity contribution in [1.29, 1.82) is 0 Å². The van der Waals surface area contributed by atoms with Gasteiger partial charge in [-0.3, -0.25) is 0 Å². The number of para-hydroxylation sites is 2. The van der Waals surface area contributed by atoms with E-state index < -0.39 is 0 Å². The highest BCUT2D eigenvalue weighted by atomic mass is 15.0. The molecule has 2 heteroatoms. The van der Waals surface area contributed by atoms with Crippen molar-refractivity contribution in [3.05, 3.63) is 279 Å². The Labute approximate surface area is 403 Å². The molecule has 0 radical (unpaired) electrons. The first-order valence-electron chi connectivity index (χ1n) is 23.7. The van der Waals surface area contributed by atoms with Gasteiger partial charge in [0.05, 0.1) is 22.1 Å². The quantitative estimate of drug-likeness (QED) is 0.121. The molecule has 0 spiro atoms. The van der Waals surface area contributed by atoms with E-state index in [0.29, 0.717) is 0 Å². The average Bonchev–Trinajstić information content (AvgIpc) is 3.94. The Hall–Kier alpha value is -8.98. The summed E-state index contributed by atoms with van der Waals surface area (Å²) in [6.45, 7) is 6.40. The summed E-state index contributed by atoms with van der Waals surface area (Å²) in [5.74, 6) is 0. The van der Waals surface area contributed by atoms with Crippen LogP contribution in [0.4, 0.5) is 0 Å². The third kappa shape index (κ3) is 7.68. The van der Waals surface area contributed by atoms with Crippen molar-refractivity contribution in [2.45, 2.75) is 6.92 Å². The molecule has 0 atom stereocenters. The molecule has 2 nitrogen and oxygen atoms in total. The molecule has 69 heavy (non-hydrogen) atoms. The summed E-state index contributed by atoms with van der Waals surface area (Å²) in [6, 6.07) is 88.0. The molecule has 0 amide bonds. The molecule has 10 aromatic carbocycles. The van der Waals surface area contributed by atoms with E-state index in [1.54, 1.807) is 0 Å². The molecule has 0 fully saturated rings. The van der Waals surface area contributed by atoms with Gasteiger partial charge in [0.1, 0.15) is 0 Å².